The molecule has 0 saturated heterocycles. The third-order valence-electron chi connectivity index (χ3n) is 10.5. The molecule has 6 aromatic carbocycles. The number of nitrogens with zero attached hydrogens (tertiary/aromatic N) is 2. The standard InChI is InChI=1S/C46H38F6N2/c1-43(2,3)28-18-20-33-31-14-7-9-16-37(31)53(39(33)23-28)41-25-35(27-12-11-13-30(22-27)45(47,48)49)36(46(50,51)52)26-42(41)54-38-17-10-8-15-32(38)34-21-19-29(24-40(34)54)44(4,5)6/h7-26H,1-6H3. The van der Waals surface area contributed by atoms with Crippen molar-refractivity contribution in [2.45, 2.75) is 64.7 Å². The van der Waals surface area contributed by atoms with E-state index in [1.54, 1.807) is 0 Å². The topological polar surface area (TPSA) is 9.86 Å². The lowest BCUT2D eigenvalue weighted by atomic mass is 9.86. The summed E-state index contributed by atoms with van der Waals surface area (Å²) in [6, 6.07) is 34.3. The predicted octanol–water partition coefficient (Wildman–Crippen LogP) is 14.2. The first-order valence-electron chi connectivity index (χ1n) is 17.8. The molecule has 0 spiro atoms. The van der Waals surface area contributed by atoms with Crippen LogP contribution in [-0.4, -0.2) is 9.13 Å². The lowest BCUT2D eigenvalue weighted by Crippen LogP contribution is -2.13. The molecule has 0 fully saturated rings. The molecule has 0 bridgehead atoms. The fourth-order valence-corrected chi connectivity index (χ4v) is 7.66. The summed E-state index contributed by atoms with van der Waals surface area (Å²) < 4.78 is 92.4. The number of halogens is 6. The van der Waals surface area contributed by atoms with Crippen LogP contribution in [-0.2, 0) is 23.2 Å². The number of para-hydroxylation sites is 2. The lowest BCUT2D eigenvalue weighted by molar-refractivity contribution is -0.137. The van der Waals surface area contributed by atoms with Crippen LogP contribution < -0.4 is 0 Å². The van der Waals surface area contributed by atoms with Crippen LogP contribution in [0.5, 0.6) is 0 Å². The number of hydrogen-bond acceptors (Lipinski definition) is 0. The van der Waals surface area contributed by atoms with E-state index in [1.165, 1.54) is 12.1 Å². The smallest absolute Gasteiger partial charge is 0.307 e. The van der Waals surface area contributed by atoms with Gasteiger partial charge in [-0.25, -0.2) is 0 Å². The van der Waals surface area contributed by atoms with Crippen LogP contribution in [0, 0.1) is 0 Å². The molecule has 2 nitrogen and oxygen atoms in total. The molecule has 0 aliphatic heterocycles. The monoisotopic (exact) mass is 732 g/mol. The first kappa shape index (κ1) is 35.5. The van der Waals surface area contributed by atoms with Crippen LogP contribution in [0.3, 0.4) is 0 Å². The van der Waals surface area contributed by atoms with Gasteiger partial charge in [0.05, 0.1) is 44.6 Å². The van der Waals surface area contributed by atoms with Gasteiger partial charge in [-0.15, -0.1) is 0 Å². The van der Waals surface area contributed by atoms with Gasteiger partial charge in [-0.1, -0.05) is 114 Å². The van der Waals surface area contributed by atoms with E-state index in [0.717, 1.165) is 73.5 Å². The van der Waals surface area contributed by atoms with Crippen molar-refractivity contribution in [3.8, 4) is 22.5 Å². The second kappa shape index (κ2) is 12.0. The molecule has 0 aliphatic carbocycles. The molecule has 0 atom stereocenters. The Morgan fingerprint density at radius 3 is 1.31 bits per heavy atom. The summed E-state index contributed by atoms with van der Waals surface area (Å²) in [4.78, 5) is 0. The fraction of sp³-hybridized carbons (Fsp3) is 0.217. The van der Waals surface area contributed by atoms with Gasteiger partial charge in [0.15, 0.2) is 0 Å². The minimum atomic E-state index is -4.91. The van der Waals surface area contributed by atoms with E-state index in [-0.39, 0.29) is 27.6 Å². The summed E-state index contributed by atoms with van der Waals surface area (Å²) in [6.07, 6.45) is -9.66. The fourth-order valence-electron chi connectivity index (χ4n) is 7.66. The molecule has 2 heterocycles. The zero-order valence-corrected chi connectivity index (χ0v) is 30.7. The first-order chi connectivity index (χ1) is 25.3. The van der Waals surface area contributed by atoms with Crippen molar-refractivity contribution in [3.05, 3.63) is 144 Å². The van der Waals surface area contributed by atoms with Gasteiger partial charge in [-0.05, 0) is 81.6 Å². The second-order valence-electron chi connectivity index (χ2n) is 16.1. The molecule has 0 amide bonds. The van der Waals surface area contributed by atoms with Crippen molar-refractivity contribution in [3.63, 3.8) is 0 Å². The maximum absolute atomic E-state index is 15.5. The van der Waals surface area contributed by atoms with Crippen molar-refractivity contribution in [1.29, 1.82) is 0 Å². The number of hydrogen-bond donors (Lipinski definition) is 0. The molecule has 8 rings (SSSR count). The Morgan fingerprint density at radius 1 is 0.389 bits per heavy atom. The average molecular weight is 733 g/mol. The predicted molar refractivity (Wildman–Crippen MR) is 208 cm³/mol. The molecule has 0 saturated carbocycles. The van der Waals surface area contributed by atoms with E-state index in [1.807, 2.05) is 75.9 Å². The third-order valence-corrected chi connectivity index (χ3v) is 10.5. The molecule has 2 aromatic heterocycles. The Labute approximate surface area is 309 Å². The van der Waals surface area contributed by atoms with Gasteiger partial charge in [0.2, 0.25) is 0 Å². The quantitative estimate of drug-likeness (QED) is 0.160. The first-order valence-corrected chi connectivity index (χ1v) is 17.8. The molecular weight excluding hydrogens is 695 g/mol. The largest absolute Gasteiger partial charge is 0.417 e. The van der Waals surface area contributed by atoms with Gasteiger partial charge in [0.25, 0.3) is 0 Å². The normalized spacial score (nSPS) is 13.2. The zero-order chi connectivity index (χ0) is 38.5. The van der Waals surface area contributed by atoms with Gasteiger partial charge in [-0.2, -0.15) is 26.3 Å². The van der Waals surface area contributed by atoms with Crippen molar-refractivity contribution in [1.82, 2.24) is 9.13 Å². The van der Waals surface area contributed by atoms with Gasteiger partial charge >= 0.3 is 12.4 Å². The summed E-state index contributed by atoms with van der Waals surface area (Å²) in [5.41, 5.74) is 2.53. The van der Waals surface area contributed by atoms with Crippen LogP contribution in [0.15, 0.2) is 121 Å². The summed E-state index contributed by atoms with van der Waals surface area (Å²) >= 11 is 0. The summed E-state index contributed by atoms with van der Waals surface area (Å²) in [6.45, 7) is 12.6. The number of benzene rings is 6. The highest BCUT2D eigenvalue weighted by Crippen LogP contribution is 2.46. The van der Waals surface area contributed by atoms with Crippen LogP contribution in [0.4, 0.5) is 26.3 Å². The molecule has 8 aromatic rings. The minimum Gasteiger partial charge on any atom is -0.307 e. The Hall–Kier alpha value is -5.50. The van der Waals surface area contributed by atoms with E-state index in [4.69, 9.17) is 0 Å². The summed E-state index contributed by atoms with van der Waals surface area (Å²) in [5.74, 6) is 0. The van der Waals surface area contributed by atoms with Gasteiger partial charge in [0, 0.05) is 21.5 Å². The summed E-state index contributed by atoms with van der Waals surface area (Å²) in [7, 11) is 0. The highest BCUT2D eigenvalue weighted by atomic mass is 19.4. The van der Waals surface area contributed by atoms with E-state index >= 15 is 13.2 Å². The van der Waals surface area contributed by atoms with Crippen molar-refractivity contribution >= 4 is 43.6 Å². The SMILES string of the molecule is CC(C)(C)c1ccc2c3ccccc3n(-c3cc(-c4cccc(C(F)(F)F)c4)c(C(F)(F)F)cc3-n3c4ccccc4c4ccc(C(C)(C)C)cc43)c2c1. The molecule has 274 valence electrons. The van der Waals surface area contributed by atoms with E-state index < -0.39 is 23.5 Å². The van der Waals surface area contributed by atoms with Crippen molar-refractivity contribution in [2.24, 2.45) is 0 Å². The Bertz CT molecular complexity index is 2760. The van der Waals surface area contributed by atoms with E-state index in [2.05, 4.69) is 59.7 Å². The molecule has 0 N–H and O–H groups in total. The third kappa shape index (κ3) is 5.83. The molecular formula is C46H38F6N2. The maximum Gasteiger partial charge on any atom is 0.417 e. The number of fused-ring (bicyclic) bond motifs is 6. The van der Waals surface area contributed by atoms with Gasteiger partial charge in [-0.3, -0.25) is 0 Å². The van der Waals surface area contributed by atoms with E-state index in [0.29, 0.717) is 11.2 Å². The van der Waals surface area contributed by atoms with Gasteiger partial charge < -0.3 is 9.13 Å². The highest BCUT2D eigenvalue weighted by molar-refractivity contribution is 6.12. The van der Waals surface area contributed by atoms with Crippen LogP contribution in [0.1, 0.15) is 63.8 Å². The molecule has 8 heteroatoms. The van der Waals surface area contributed by atoms with Gasteiger partial charge in [0.1, 0.15) is 0 Å². The van der Waals surface area contributed by atoms with Crippen LogP contribution >= 0.6 is 0 Å². The number of rotatable bonds is 3. The van der Waals surface area contributed by atoms with E-state index in [9.17, 15) is 13.2 Å². The zero-order valence-electron chi connectivity index (χ0n) is 30.7. The summed E-state index contributed by atoms with van der Waals surface area (Å²) in [5, 5.41) is 3.54. The Morgan fingerprint density at radius 2 is 0.852 bits per heavy atom. The van der Waals surface area contributed by atoms with Crippen molar-refractivity contribution < 1.29 is 26.3 Å². The minimum absolute atomic E-state index is 0.182. The van der Waals surface area contributed by atoms with Crippen LogP contribution in [0.25, 0.3) is 66.1 Å². The molecule has 0 unspecified atom stereocenters. The lowest BCUT2D eigenvalue weighted by Gasteiger charge is -2.24. The molecule has 54 heavy (non-hydrogen) atoms. The average Bonchev–Trinajstić information content (AvgIpc) is 3.62. The highest BCUT2D eigenvalue weighted by Gasteiger charge is 2.37. The Kier molecular flexibility index (Phi) is 7.90. The second-order valence-corrected chi connectivity index (χ2v) is 16.1. The number of aromatic nitrogens is 2. The molecule has 0 aliphatic rings. The van der Waals surface area contributed by atoms with Crippen LogP contribution in [0.2, 0.25) is 0 Å². The van der Waals surface area contributed by atoms with Crippen molar-refractivity contribution in [2.75, 3.05) is 0 Å². The number of alkyl halides is 6. The molecule has 0 radical (unpaired) electrons. The maximum atomic E-state index is 15.5. The Balaban J connectivity index is 1.60.